The lowest BCUT2D eigenvalue weighted by atomic mass is 10.0. The molecule has 4 heterocycles. The minimum absolute atomic E-state index is 0.0445. The van der Waals surface area contributed by atoms with E-state index in [0.717, 1.165) is 18.5 Å². The van der Waals surface area contributed by atoms with Crippen LogP contribution in [0.2, 0.25) is 0 Å². The second kappa shape index (κ2) is 7.63. The number of anilines is 2. The van der Waals surface area contributed by atoms with Gasteiger partial charge in [0.25, 0.3) is 6.43 Å². The number of hydrogen-bond donors (Lipinski definition) is 2. The van der Waals surface area contributed by atoms with Crippen LogP contribution in [0.25, 0.3) is 11.4 Å². The van der Waals surface area contributed by atoms with Gasteiger partial charge in [-0.05, 0) is 12.1 Å². The van der Waals surface area contributed by atoms with Gasteiger partial charge < -0.3 is 15.0 Å². The number of nitrogens with one attached hydrogen (secondary N) is 2. The SMILES string of the molecule is O=C1Nc2ncnc(-c3cc(C(F)(F)F)cc(N4CCNCC4)n3)c2C(C(F)F)O1. The van der Waals surface area contributed by atoms with Crippen molar-refractivity contribution in [3.05, 3.63) is 29.6 Å². The van der Waals surface area contributed by atoms with Crippen LogP contribution < -0.4 is 15.5 Å². The van der Waals surface area contributed by atoms with Crippen LogP contribution in [0.5, 0.6) is 0 Å². The topological polar surface area (TPSA) is 92.3 Å². The minimum atomic E-state index is -4.69. The number of ether oxygens (including phenoxy) is 1. The fourth-order valence-corrected chi connectivity index (χ4v) is 3.30. The van der Waals surface area contributed by atoms with Gasteiger partial charge in [-0.2, -0.15) is 13.2 Å². The summed E-state index contributed by atoms with van der Waals surface area (Å²) in [5.74, 6) is -0.215. The highest BCUT2D eigenvalue weighted by molar-refractivity contribution is 5.88. The number of nitrogens with zero attached hydrogens (tertiary/aromatic N) is 4. The summed E-state index contributed by atoms with van der Waals surface area (Å²) in [5.41, 5.74) is -1.87. The van der Waals surface area contributed by atoms with E-state index in [0.29, 0.717) is 26.2 Å². The Morgan fingerprint density at radius 3 is 2.57 bits per heavy atom. The summed E-state index contributed by atoms with van der Waals surface area (Å²) < 4.78 is 72.3. The summed E-state index contributed by atoms with van der Waals surface area (Å²) in [6.07, 6.45) is -10.1. The molecule has 0 aliphatic carbocycles. The zero-order valence-corrected chi connectivity index (χ0v) is 15.2. The molecule has 160 valence electrons. The Hall–Kier alpha value is -3.09. The third kappa shape index (κ3) is 3.84. The van der Waals surface area contributed by atoms with Crippen molar-refractivity contribution in [1.29, 1.82) is 0 Å². The molecule has 8 nitrogen and oxygen atoms in total. The molecular formula is C17H15F5N6O2. The van der Waals surface area contributed by atoms with E-state index in [-0.39, 0.29) is 28.6 Å². The maximum atomic E-state index is 13.5. The number of carbonyl (C=O) groups excluding carboxylic acids is 1. The number of fused-ring (bicyclic) bond motifs is 1. The molecule has 0 bridgehead atoms. The van der Waals surface area contributed by atoms with Gasteiger partial charge in [-0.1, -0.05) is 0 Å². The lowest BCUT2D eigenvalue weighted by molar-refractivity contribution is -0.137. The zero-order chi connectivity index (χ0) is 21.5. The van der Waals surface area contributed by atoms with Crippen molar-refractivity contribution in [3.63, 3.8) is 0 Å². The number of rotatable bonds is 3. The van der Waals surface area contributed by atoms with Gasteiger partial charge in [0, 0.05) is 26.2 Å². The summed E-state index contributed by atoms with van der Waals surface area (Å²) in [4.78, 5) is 25.1. The molecule has 2 aliphatic rings. The Balaban J connectivity index is 1.88. The van der Waals surface area contributed by atoms with E-state index in [1.54, 1.807) is 4.90 Å². The van der Waals surface area contributed by atoms with Crippen LogP contribution in [-0.4, -0.2) is 53.6 Å². The molecule has 0 aromatic carbocycles. The van der Waals surface area contributed by atoms with Crippen LogP contribution >= 0.6 is 0 Å². The number of amides is 1. The van der Waals surface area contributed by atoms with E-state index >= 15 is 0 Å². The van der Waals surface area contributed by atoms with E-state index in [9.17, 15) is 26.7 Å². The number of carbonyl (C=O) groups is 1. The maximum Gasteiger partial charge on any atom is 0.416 e. The molecule has 0 saturated carbocycles. The molecule has 2 aromatic heterocycles. The van der Waals surface area contributed by atoms with E-state index in [1.165, 1.54) is 0 Å². The average molecular weight is 430 g/mol. The second-order valence-corrected chi connectivity index (χ2v) is 6.60. The Labute approximate surface area is 166 Å². The number of aromatic nitrogens is 3. The van der Waals surface area contributed by atoms with Gasteiger partial charge in [0.05, 0.1) is 16.8 Å². The molecule has 0 radical (unpaired) electrons. The van der Waals surface area contributed by atoms with Crippen LogP contribution in [0, 0.1) is 0 Å². The Morgan fingerprint density at radius 2 is 1.90 bits per heavy atom. The van der Waals surface area contributed by atoms with Crippen molar-refractivity contribution >= 4 is 17.7 Å². The van der Waals surface area contributed by atoms with Crippen LogP contribution in [0.15, 0.2) is 18.5 Å². The van der Waals surface area contributed by atoms with Crippen molar-refractivity contribution in [2.75, 3.05) is 36.4 Å². The van der Waals surface area contributed by atoms with E-state index in [1.807, 2.05) is 0 Å². The summed E-state index contributed by atoms with van der Waals surface area (Å²) in [5, 5.41) is 5.25. The predicted octanol–water partition coefficient (Wildman–Crippen LogP) is 2.84. The van der Waals surface area contributed by atoms with Crippen LogP contribution in [0.3, 0.4) is 0 Å². The number of piperazine rings is 1. The quantitative estimate of drug-likeness (QED) is 0.724. The molecule has 1 fully saturated rings. The highest BCUT2D eigenvalue weighted by Gasteiger charge is 2.39. The molecule has 1 saturated heterocycles. The fraction of sp³-hybridized carbons (Fsp3) is 0.412. The number of pyridine rings is 1. The molecule has 1 unspecified atom stereocenters. The number of cyclic esters (lactones) is 1. The highest BCUT2D eigenvalue weighted by Crippen LogP contribution is 2.40. The third-order valence-electron chi connectivity index (χ3n) is 4.67. The first-order chi connectivity index (χ1) is 14.2. The molecule has 13 heteroatoms. The largest absolute Gasteiger partial charge is 0.435 e. The van der Waals surface area contributed by atoms with Crippen molar-refractivity contribution < 1.29 is 31.5 Å². The molecule has 2 N–H and O–H groups in total. The molecule has 2 aliphatic heterocycles. The number of alkyl halides is 5. The Kier molecular flexibility index (Phi) is 5.13. The monoisotopic (exact) mass is 430 g/mol. The summed E-state index contributed by atoms with van der Waals surface area (Å²) in [7, 11) is 0. The van der Waals surface area contributed by atoms with Crippen LogP contribution in [-0.2, 0) is 10.9 Å². The third-order valence-corrected chi connectivity index (χ3v) is 4.67. The average Bonchev–Trinajstić information content (AvgIpc) is 2.72. The molecule has 30 heavy (non-hydrogen) atoms. The fourth-order valence-electron chi connectivity index (χ4n) is 3.30. The lowest BCUT2D eigenvalue weighted by Crippen LogP contribution is -2.44. The van der Waals surface area contributed by atoms with Gasteiger partial charge in [0.1, 0.15) is 23.7 Å². The molecule has 0 spiro atoms. The van der Waals surface area contributed by atoms with Crippen LogP contribution in [0.1, 0.15) is 17.2 Å². The maximum absolute atomic E-state index is 13.5. The van der Waals surface area contributed by atoms with Crippen molar-refractivity contribution in [2.45, 2.75) is 18.7 Å². The first-order valence-electron chi connectivity index (χ1n) is 8.90. The highest BCUT2D eigenvalue weighted by atomic mass is 19.4. The smallest absolute Gasteiger partial charge is 0.416 e. The summed E-state index contributed by atoms with van der Waals surface area (Å²) >= 11 is 0. The van der Waals surface area contributed by atoms with Crippen molar-refractivity contribution in [2.24, 2.45) is 0 Å². The first kappa shape index (κ1) is 20.2. The number of halogens is 5. The summed E-state index contributed by atoms with van der Waals surface area (Å²) in [6, 6.07) is 1.64. The van der Waals surface area contributed by atoms with E-state index in [2.05, 4.69) is 30.3 Å². The Bertz CT molecular complexity index is 964. The van der Waals surface area contributed by atoms with Gasteiger partial charge in [0.15, 0.2) is 6.10 Å². The predicted molar refractivity (Wildman–Crippen MR) is 94.2 cm³/mol. The van der Waals surface area contributed by atoms with E-state index < -0.39 is 30.4 Å². The molecule has 1 amide bonds. The molecular weight excluding hydrogens is 415 g/mol. The number of hydrogen-bond acceptors (Lipinski definition) is 7. The molecule has 4 rings (SSSR count). The lowest BCUT2D eigenvalue weighted by Gasteiger charge is -2.30. The summed E-state index contributed by atoms with van der Waals surface area (Å²) in [6.45, 7) is 1.97. The van der Waals surface area contributed by atoms with Gasteiger partial charge >= 0.3 is 12.3 Å². The van der Waals surface area contributed by atoms with Crippen LogP contribution in [0.4, 0.5) is 38.4 Å². The van der Waals surface area contributed by atoms with Crippen molar-refractivity contribution in [3.8, 4) is 11.4 Å². The standard InChI is InChI=1S/C17H15F5N6O2/c18-14(19)13-11-12(24-7-25-15(11)27-16(29)30-13)9-5-8(17(20,21)22)6-10(26-9)28-3-1-23-2-4-28/h5-7,13-14,23H,1-4H2,(H,24,25,27,29). The second-order valence-electron chi connectivity index (χ2n) is 6.60. The van der Waals surface area contributed by atoms with Gasteiger partial charge in [-0.25, -0.2) is 28.5 Å². The first-order valence-corrected chi connectivity index (χ1v) is 8.90. The molecule has 1 atom stereocenters. The Morgan fingerprint density at radius 1 is 1.17 bits per heavy atom. The molecule has 2 aromatic rings. The van der Waals surface area contributed by atoms with Gasteiger partial charge in [-0.3, -0.25) is 5.32 Å². The normalized spacial score (nSPS) is 19.3. The van der Waals surface area contributed by atoms with E-state index in [4.69, 9.17) is 0 Å². The van der Waals surface area contributed by atoms with Gasteiger partial charge in [0.2, 0.25) is 0 Å². The zero-order valence-electron chi connectivity index (χ0n) is 15.2. The van der Waals surface area contributed by atoms with Crippen molar-refractivity contribution in [1.82, 2.24) is 20.3 Å². The minimum Gasteiger partial charge on any atom is -0.435 e. The van der Waals surface area contributed by atoms with Gasteiger partial charge in [-0.15, -0.1) is 0 Å².